The summed E-state index contributed by atoms with van der Waals surface area (Å²) < 4.78 is 26.7. The van der Waals surface area contributed by atoms with Crippen molar-refractivity contribution in [1.29, 1.82) is 0 Å². The number of rotatable bonds is 12. The fraction of sp³-hybridized carbons (Fsp3) is 0.243. The molecule has 0 saturated carbocycles. The predicted molar refractivity (Wildman–Crippen MR) is 193 cm³/mol. The Morgan fingerprint density at radius 1 is 0.500 bits per heavy atom. The van der Waals surface area contributed by atoms with Crippen molar-refractivity contribution in [2.24, 2.45) is 0 Å². The third kappa shape index (κ3) is 7.88. The van der Waals surface area contributed by atoms with Crippen molar-refractivity contribution in [2.45, 2.75) is 27.7 Å². The maximum Gasteiger partial charge on any atom is 0.341 e. The second-order valence-corrected chi connectivity index (χ2v) is 11.7. The lowest BCUT2D eigenvalue weighted by atomic mass is 10.0. The van der Waals surface area contributed by atoms with Crippen LogP contribution in [0.5, 0.6) is 23.0 Å². The minimum absolute atomic E-state index is 0.00453. The van der Waals surface area contributed by atoms with E-state index < -0.39 is 28.6 Å². The summed E-state index contributed by atoms with van der Waals surface area (Å²) in [7, 11) is 6.47. The smallest absolute Gasteiger partial charge is 0.341 e. The third-order valence-corrected chi connectivity index (χ3v) is 7.81. The fourth-order valence-corrected chi connectivity index (χ4v) is 5.70. The molecule has 15 nitrogen and oxygen atoms in total. The van der Waals surface area contributed by atoms with E-state index in [1.165, 1.54) is 47.7 Å². The zero-order valence-electron chi connectivity index (χ0n) is 30.1. The van der Waals surface area contributed by atoms with Crippen LogP contribution < -0.4 is 34.9 Å². The molecule has 3 N–H and O–H groups in total. The molecular formula is C37H38N4O11. The average Bonchev–Trinajstić information content (AvgIpc) is 3.09. The molecular weight excluding hydrogens is 676 g/mol. The highest BCUT2D eigenvalue weighted by Gasteiger charge is 2.27. The molecule has 4 aromatic carbocycles. The molecule has 272 valence electrons. The molecule has 4 aromatic rings. The van der Waals surface area contributed by atoms with Gasteiger partial charge in [-0.1, -0.05) is 0 Å². The number of nitro benzene ring substituents is 1. The number of nitro groups is 1. The first-order valence-electron chi connectivity index (χ1n) is 15.6. The molecule has 15 heteroatoms. The molecule has 0 saturated heterocycles. The Bertz CT molecular complexity index is 2110. The van der Waals surface area contributed by atoms with Crippen LogP contribution in [0.3, 0.4) is 0 Å². The van der Waals surface area contributed by atoms with E-state index in [1.807, 2.05) is 0 Å². The lowest BCUT2D eigenvalue weighted by Crippen LogP contribution is -2.19. The van der Waals surface area contributed by atoms with Gasteiger partial charge in [0.05, 0.1) is 74.2 Å². The van der Waals surface area contributed by atoms with Crippen LogP contribution in [0.25, 0.3) is 0 Å². The Labute approximate surface area is 299 Å². The van der Waals surface area contributed by atoms with Crippen LogP contribution in [0.4, 0.5) is 22.7 Å². The zero-order chi connectivity index (χ0) is 38.4. The molecule has 4 rings (SSSR count). The largest absolute Gasteiger partial charge is 0.494 e. The van der Waals surface area contributed by atoms with Crippen molar-refractivity contribution < 1.29 is 47.8 Å². The molecule has 0 unspecified atom stereocenters. The minimum atomic E-state index is -0.737. The molecule has 52 heavy (non-hydrogen) atoms. The van der Waals surface area contributed by atoms with E-state index >= 15 is 0 Å². The number of carbonyl (C=O) groups is 4. The maximum absolute atomic E-state index is 13.9. The van der Waals surface area contributed by atoms with Crippen LogP contribution in [0.1, 0.15) is 63.7 Å². The van der Waals surface area contributed by atoms with Gasteiger partial charge in [-0.15, -0.1) is 0 Å². The molecule has 0 aromatic heterocycles. The van der Waals surface area contributed by atoms with Gasteiger partial charge in [0.25, 0.3) is 17.7 Å². The monoisotopic (exact) mass is 714 g/mol. The summed E-state index contributed by atoms with van der Waals surface area (Å²) in [4.78, 5) is 64.6. The Morgan fingerprint density at radius 3 is 1.13 bits per heavy atom. The summed E-state index contributed by atoms with van der Waals surface area (Å²) in [5, 5.41) is 19.9. The Morgan fingerprint density at radius 2 is 0.808 bits per heavy atom. The lowest BCUT2D eigenvalue weighted by molar-refractivity contribution is -0.385. The summed E-state index contributed by atoms with van der Waals surface area (Å²) in [6.45, 7) is 6.77. The number of esters is 1. The van der Waals surface area contributed by atoms with Gasteiger partial charge in [0.15, 0.2) is 17.2 Å². The zero-order valence-corrected chi connectivity index (χ0v) is 30.1. The fourth-order valence-electron chi connectivity index (χ4n) is 5.70. The van der Waals surface area contributed by atoms with Crippen LogP contribution in [0.15, 0.2) is 48.5 Å². The number of ether oxygens (including phenoxy) is 5. The van der Waals surface area contributed by atoms with Crippen LogP contribution >= 0.6 is 0 Å². The molecule has 0 atom stereocenters. The molecule has 0 aliphatic rings. The van der Waals surface area contributed by atoms with E-state index in [4.69, 9.17) is 23.7 Å². The van der Waals surface area contributed by atoms with Crippen LogP contribution in [0, 0.1) is 37.8 Å². The molecule has 0 heterocycles. The molecule has 0 radical (unpaired) electrons. The first-order valence-corrected chi connectivity index (χ1v) is 15.6. The Hall–Kier alpha value is -6.64. The summed E-state index contributed by atoms with van der Waals surface area (Å²) in [6, 6.07) is 12.2. The average molecular weight is 715 g/mol. The van der Waals surface area contributed by atoms with Crippen molar-refractivity contribution in [3.05, 3.63) is 103 Å². The second kappa shape index (κ2) is 15.9. The van der Waals surface area contributed by atoms with Gasteiger partial charge in [0.1, 0.15) is 5.56 Å². The Kier molecular flexibility index (Phi) is 11.7. The topological polar surface area (TPSA) is 194 Å². The van der Waals surface area contributed by atoms with Gasteiger partial charge in [0.2, 0.25) is 5.75 Å². The summed E-state index contributed by atoms with van der Waals surface area (Å²) >= 11 is 0. The quantitative estimate of drug-likeness (QED) is 0.0834. The number of amides is 3. The number of benzene rings is 4. The number of hydrogen-bond donors (Lipinski definition) is 3. The highest BCUT2D eigenvalue weighted by molar-refractivity contribution is 6.14. The van der Waals surface area contributed by atoms with Crippen molar-refractivity contribution >= 4 is 46.4 Å². The minimum Gasteiger partial charge on any atom is -0.494 e. The van der Waals surface area contributed by atoms with Crippen LogP contribution in [-0.4, -0.2) is 64.2 Å². The van der Waals surface area contributed by atoms with Crippen molar-refractivity contribution in [1.82, 2.24) is 0 Å². The van der Waals surface area contributed by atoms with E-state index in [9.17, 15) is 29.3 Å². The van der Waals surface area contributed by atoms with Crippen molar-refractivity contribution in [2.75, 3.05) is 51.5 Å². The Balaban J connectivity index is 1.71. The van der Waals surface area contributed by atoms with E-state index in [0.29, 0.717) is 22.3 Å². The SMILES string of the molecule is COC(=O)c1cc(C)cc(NC(=O)c2cc(C)cc(NC(=O)c3cc(C)cc(NC(=O)c4cc(C)cc([N+](=O)[O-])c4OC)c3OC)c2OC)c1OC. The van der Waals surface area contributed by atoms with Crippen molar-refractivity contribution in [3.8, 4) is 23.0 Å². The number of hydrogen-bond acceptors (Lipinski definition) is 11. The van der Waals surface area contributed by atoms with Gasteiger partial charge in [-0.25, -0.2) is 4.79 Å². The van der Waals surface area contributed by atoms with Gasteiger partial charge in [-0.3, -0.25) is 24.5 Å². The second-order valence-electron chi connectivity index (χ2n) is 11.7. The number of methoxy groups -OCH3 is 5. The molecule has 0 bridgehead atoms. The van der Waals surface area contributed by atoms with Crippen LogP contribution in [-0.2, 0) is 4.74 Å². The summed E-state index contributed by atoms with van der Waals surface area (Å²) in [5.74, 6) is -2.78. The first kappa shape index (κ1) is 38.2. The van der Waals surface area contributed by atoms with E-state index in [-0.39, 0.29) is 68.0 Å². The number of nitrogens with one attached hydrogen (secondary N) is 3. The lowest BCUT2D eigenvalue weighted by Gasteiger charge is -2.19. The third-order valence-electron chi connectivity index (χ3n) is 7.81. The van der Waals surface area contributed by atoms with Gasteiger partial charge >= 0.3 is 11.7 Å². The van der Waals surface area contributed by atoms with Gasteiger partial charge in [-0.2, -0.15) is 0 Å². The molecule has 0 aliphatic carbocycles. The summed E-state index contributed by atoms with van der Waals surface area (Å²) in [5.41, 5.74) is 2.47. The standard InChI is InChI=1S/C37H38N4O11/c1-18-11-23(35(43)40-28-16-20(3)13-25(32(28)50-7)37(45)52-9)30(48-5)26(14-18)38-34(42)22-10-19(2)15-27(31(22)49-6)39-36(44)24-12-21(4)17-29(41(46)47)33(24)51-8/h10-17H,1-9H3,(H,38,42)(H,39,44)(H,40,43). The molecule has 0 aliphatic heterocycles. The van der Waals surface area contributed by atoms with Gasteiger partial charge < -0.3 is 39.6 Å². The first-order chi connectivity index (χ1) is 24.7. The van der Waals surface area contributed by atoms with Crippen LogP contribution in [0.2, 0.25) is 0 Å². The number of anilines is 3. The number of aryl methyl sites for hydroxylation is 4. The van der Waals surface area contributed by atoms with E-state index in [2.05, 4.69) is 16.0 Å². The summed E-state index contributed by atoms with van der Waals surface area (Å²) in [6.07, 6.45) is 0. The van der Waals surface area contributed by atoms with Crippen molar-refractivity contribution in [3.63, 3.8) is 0 Å². The van der Waals surface area contributed by atoms with Gasteiger partial charge in [0, 0.05) is 6.07 Å². The van der Waals surface area contributed by atoms with Gasteiger partial charge in [-0.05, 0) is 92.4 Å². The maximum atomic E-state index is 13.9. The van der Waals surface area contributed by atoms with E-state index in [1.54, 1.807) is 64.1 Å². The normalized spacial score (nSPS) is 10.5. The molecule has 0 spiro atoms. The number of carbonyl (C=O) groups excluding carboxylic acids is 4. The van der Waals surface area contributed by atoms with E-state index in [0.717, 1.165) is 0 Å². The number of nitrogens with zero attached hydrogens (tertiary/aromatic N) is 1. The predicted octanol–water partition coefficient (Wildman–Crippen LogP) is 6.41. The molecule has 0 fully saturated rings. The molecule has 3 amide bonds. The highest BCUT2D eigenvalue weighted by Crippen LogP contribution is 2.38. The highest BCUT2D eigenvalue weighted by atomic mass is 16.6.